The lowest BCUT2D eigenvalue weighted by atomic mass is 9.59. The summed E-state index contributed by atoms with van der Waals surface area (Å²) in [7, 11) is 0. The molecule has 0 radical (unpaired) electrons. The summed E-state index contributed by atoms with van der Waals surface area (Å²) < 4.78 is 0. The van der Waals surface area contributed by atoms with Gasteiger partial charge in [-0.3, -0.25) is 4.90 Å². The lowest BCUT2D eigenvalue weighted by molar-refractivity contribution is 0.175. The number of hydrogen-bond donors (Lipinski definition) is 1. The summed E-state index contributed by atoms with van der Waals surface area (Å²) in [5.74, 6) is -0.469. The minimum absolute atomic E-state index is 0.0962. The third-order valence-electron chi connectivity index (χ3n) is 5.27. The average molecular weight is 349 g/mol. The second-order valence-corrected chi connectivity index (χ2v) is 7.72. The molecule has 0 saturated heterocycles. The van der Waals surface area contributed by atoms with Gasteiger partial charge in [-0.05, 0) is 30.9 Å². The molecule has 0 spiro atoms. The van der Waals surface area contributed by atoms with Gasteiger partial charge in [0.25, 0.3) is 0 Å². The number of nitrogens with two attached hydrogens (primary N) is 1. The zero-order valence-electron chi connectivity index (χ0n) is 14.2. The largest absolute Gasteiger partial charge is 0.399 e. The van der Waals surface area contributed by atoms with E-state index in [0.717, 1.165) is 17.0 Å². The fourth-order valence-electron chi connectivity index (χ4n) is 3.90. The number of hydrogen-bond acceptors (Lipinski definition) is 6. The fraction of sp³-hybridized carbons (Fsp3) is 0.421. The predicted molar refractivity (Wildman–Crippen MR) is 95.8 cm³/mol. The Kier molecular flexibility index (Phi) is 4.39. The Hall–Kier alpha value is -2.59. The molecule has 126 valence electrons. The Bertz CT molecular complexity index is 843. The maximum atomic E-state index is 9.94. The SMILES string of the molecule is CC(C)N1CC=C2C(C#N)=C(N)C(C#N)(C#N)C(c3cccs3)C2C1. The smallest absolute Gasteiger partial charge is 0.192 e. The second-order valence-electron chi connectivity index (χ2n) is 6.74. The number of nitriles is 3. The van der Waals surface area contributed by atoms with Crippen LogP contribution in [-0.4, -0.2) is 24.0 Å². The van der Waals surface area contributed by atoms with Gasteiger partial charge < -0.3 is 5.73 Å². The summed E-state index contributed by atoms with van der Waals surface area (Å²) >= 11 is 1.53. The summed E-state index contributed by atoms with van der Waals surface area (Å²) in [4.78, 5) is 3.26. The van der Waals surface area contributed by atoms with E-state index in [0.29, 0.717) is 18.2 Å². The molecule has 6 heteroatoms. The van der Waals surface area contributed by atoms with Gasteiger partial charge in [0.2, 0.25) is 0 Å². The molecule has 0 saturated carbocycles. The van der Waals surface area contributed by atoms with Crippen LogP contribution in [-0.2, 0) is 0 Å². The van der Waals surface area contributed by atoms with Crippen LogP contribution in [0.25, 0.3) is 0 Å². The van der Waals surface area contributed by atoms with Gasteiger partial charge in [0.05, 0.1) is 23.4 Å². The van der Waals surface area contributed by atoms with Crippen LogP contribution in [0.2, 0.25) is 0 Å². The van der Waals surface area contributed by atoms with Crippen LogP contribution in [0.1, 0.15) is 24.6 Å². The van der Waals surface area contributed by atoms with Gasteiger partial charge in [0.1, 0.15) is 6.07 Å². The number of thiophene rings is 1. The first-order valence-corrected chi connectivity index (χ1v) is 9.08. The van der Waals surface area contributed by atoms with Crippen LogP contribution in [0.3, 0.4) is 0 Å². The maximum Gasteiger partial charge on any atom is 0.192 e. The molecule has 5 nitrogen and oxygen atoms in total. The van der Waals surface area contributed by atoms with Crippen molar-refractivity contribution in [2.75, 3.05) is 13.1 Å². The highest BCUT2D eigenvalue weighted by atomic mass is 32.1. The summed E-state index contributed by atoms with van der Waals surface area (Å²) in [5.41, 5.74) is 6.03. The van der Waals surface area contributed by atoms with E-state index >= 15 is 0 Å². The van der Waals surface area contributed by atoms with Crippen molar-refractivity contribution < 1.29 is 0 Å². The molecule has 1 aromatic rings. The summed E-state index contributed by atoms with van der Waals surface area (Å²) in [5, 5.41) is 31.5. The Balaban J connectivity index is 2.28. The predicted octanol–water partition coefficient (Wildman–Crippen LogP) is 2.88. The maximum absolute atomic E-state index is 9.94. The molecule has 2 aliphatic rings. The average Bonchev–Trinajstić information content (AvgIpc) is 3.14. The summed E-state index contributed by atoms with van der Waals surface area (Å²) in [6.07, 6.45) is 2.04. The van der Waals surface area contributed by atoms with Crippen molar-refractivity contribution in [1.29, 1.82) is 15.8 Å². The first-order chi connectivity index (χ1) is 12.0. The molecule has 1 aliphatic heterocycles. The minimum atomic E-state index is -1.52. The van der Waals surface area contributed by atoms with Gasteiger partial charge in [-0.25, -0.2) is 0 Å². The molecule has 2 atom stereocenters. The highest BCUT2D eigenvalue weighted by molar-refractivity contribution is 7.10. The van der Waals surface area contributed by atoms with Crippen LogP contribution in [0.4, 0.5) is 0 Å². The van der Waals surface area contributed by atoms with Crippen molar-refractivity contribution in [1.82, 2.24) is 4.90 Å². The molecular formula is C19H19N5S. The van der Waals surface area contributed by atoms with Crippen molar-refractivity contribution >= 4 is 11.3 Å². The number of allylic oxidation sites excluding steroid dienone is 2. The fourth-order valence-corrected chi connectivity index (χ4v) is 4.86. The van der Waals surface area contributed by atoms with E-state index in [9.17, 15) is 15.8 Å². The molecule has 1 aliphatic carbocycles. The normalized spacial score (nSPS) is 25.5. The van der Waals surface area contributed by atoms with E-state index in [2.05, 4.69) is 37.0 Å². The zero-order chi connectivity index (χ0) is 18.2. The van der Waals surface area contributed by atoms with Crippen LogP contribution >= 0.6 is 11.3 Å². The highest BCUT2D eigenvalue weighted by Crippen LogP contribution is 2.55. The molecule has 25 heavy (non-hydrogen) atoms. The number of rotatable bonds is 2. The Morgan fingerprint density at radius 3 is 2.56 bits per heavy atom. The van der Waals surface area contributed by atoms with Crippen LogP contribution < -0.4 is 5.73 Å². The second kappa shape index (κ2) is 6.37. The van der Waals surface area contributed by atoms with Crippen molar-refractivity contribution in [2.24, 2.45) is 17.1 Å². The van der Waals surface area contributed by atoms with E-state index in [1.54, 1.807) is 0 Å². The molecular weight excluding hydrogens is 330 g/mol. The lowest BCUT2D eigenvalue weighted by Crippen LogP contribution is -2.49. The van der Waals surface area contributed by atoms with Gasteiger partial charge in [-0.1, -0.05) is 12.1 Å². The van der Waals surface area contributed by atoms with Crippen LogP contribution in [0.15, 0.2) is 40.4 Å². The molecule has 3 rings (SSSR count). The lowest BCUT2D eigenvalue weighted by Gasteiger charge is -2.45. The van der Waals surface area contributed by atoms with Crippen molar-refractivity contribution in [3.8, 4) is 18.2 Å². The number of fused-ring (bicyclic) bond motifs is 1. The van der Waals surface area contributed by atoms with Crippen LogP contribution in [0.5, 0.6) is 0 Å². The standard InChI is InChI=1S/C19H19N5S/c1-12(2)24-6-5-13-14(8-20)18(23)19(10-21,11-22)17(15(13)9-24)16-4-3-7-25-16/h3-5,7,12,15,17H,6,9,23H2,1-2H3. The molecule has 0 amide bonds. The van der Waals surface area contributed by atoms with Gasteiger partial charge in [0, 0.05) is 35.8 Å². The number of nitrogens with zero attached hydrogens (tertiary/aromatic N) is 4. The Morgan fingerprint density at radius 2 is 2.04 bits per heavy atom. The van der Waals surface area contributed by atoms with Crippen molar-refractivity contribution in [3.05, 3.63) is 45.3 Å². The van der Waals surface area contributed by atoms with E-state index < -0.39 is 5.41 Å². The molecule has 1 aromatic heterocycles. The Labute approximate surface area is 151 Å². The molecule has 0 aromatic carbocycles. The quantitative estimate of drug-likeness (QED) is 0.884. The highest BCUT2D eigenvalue weighted by Gasteiger charge is 2.54. The van der Waals surface area contributed by atoms with Gasteiger partial charge in [-0.2, -0.15) is 15.8 Å². The molecule has 2 N–H and O–H groups in total. The third-order valence-corrected chi connectivity index (χ3v) is 6.23. The van der Waals surface area contributed by atoms with Gasteiger partial charge in [-0.15, -0.1) is 11.3 Å². The first-order valence-electron chi connectivity index (χ1n) is 8.20. The van der Waals surface area contributed by atoms with Gasteiger partial charge in [0.15, 0.2) is 5.41 Å². The molecule has 0 bridgehead atoms. The first kappa shape index (κ1) is 17.2. The van der Waals surface area contributed by atoms with E-state index in [1.807, 2.05) is 23.6 Å². The minimum Gasteiger partial charge on any atom is -0.399 e. The van der Waals surface area contributed by atoms with E-state index in [4.69, 9.17) is 5.73 Å². The molecule has 0 fully saturated rings. The van der Waals surface area contributed by atoms with E-state index in [-0.39, 0.29) is 17.5 Å². The summed E-state index contributed by atoms with van der Waals surface area (Å²) in [6.45, 7) is 5.69. The zero-order valence-corrected chi connectivity index (χ0v) is 15.0. The topological polar surface area (TPSA) is 101 Å². The van der Waals surface area contributed by atoms with Crippen molar-refractivity contribution in [2.45, 2.75) is 25.8 Å². The third kappa shape index (κ3) is 2.45. The summed E-state index contributed by atoms with van der Waals surface area (Å²) in [6, 6.07) is 10.7. The monoisotopic (exact) mass is 349 g/mol. The molecule has 2 unspecified atom stereocenters. The van der Waals surface area contributed by atoms with E-state index in [1.165, 1.54) is 11.3 Å². The van der Waals surface area contributed by atoms with Gasteiger partial charge >= 0.3 is 0 Å². The van der Waals surface area contributed by atoms with Crippen molar-refractivity contribution in [3.63, 3.8) is 0 Å². The van der Waals surface area contributed by atoms with Crippen LogP contribution in [0, 0.1) is 45.3 Å². The molecule has 2 heterocycles. The Morgan fingerprint density at radius 1 is 1.32 bits per heavy atom.